The average Bonchev–Trinajstić information content (AvgIpc) is 2.66. The second-order valence-corrected chi connectivity index (χ2v) is 6.29. The maximum absolute atomic E-state index is 12.9. The summed E-state index contributed by atoms with van der Waals surface area (Å²) in [6.07, 6.45) is 6.60. The highest BCUT2D eigenvalue weighted by Crippen LogP contribution is 2.24. The van der Waals surface area contributed by atoms with Gasteiger partial charge in [-0.2, -0.15) is 0 Å². The van der Waals surface area contributed by atoms with Gasteiger partial charge in [-0.05, 0) is 60.9 Å². The molecule has 0 atom stereocenters. The van der Waals surface area contributed by atoms with E-state index in [0.717, 1.165) is 16.0 Å². The highest BCUT2D eigenvalue weighted by molar-refractivity contribution is 6.39. The molecule has 0 spiro atoms. The third-order valence-electron chi connectivity index (χ3n) is 4.34. The number of ether oxygens (including phenoxy) is 1. The number of hydrogen-bond donors (Lipinski definition) is 1. The number of barbiturate groups is 1. The van der Waals surface area contributed by atoms with E-state index < -0.39 is 17.8 Å². The van der Waals surface area contributed by atoms with Crippen LogP contribution in [-0.2, 0) is 9.59 Å². The van der Waals surface area contributed by atoms with Crippen LogP contribution in [0.3, 0.4) is 0 Å². The van der Waals surface area contributed by atoms with Crippen molar-refractivity contribution >= 4 is 29.6 Å². The van der Waals surface area contributed by atoms with E-state index in [2.05, 4.69) is 11.2 Å². The predicted octanol–water partition coefficient (Wildman–Crippen LogP) is 2.98. The standard InChI is InChI=1S/C22H18N2O4/c1-4-10-28-18-7-5-6-16(12-18)13-19-20(25)23-22(27)24(21(19)26)17-9-8-14(2)15(3)11-17/h1,5-9,11-13H,10H2,2-3H3,(H,23,25,27). The fourth-order valence-electron chi connectivity index (χ4n) is 2.74. The first kappa shape index (κ1) is 18.9. The number of amides is 4. The van der Waals surface area contributed by atoms with Gasteiger partial charge in [0, 0.05) is 0 Å². The molecule has 4 amide bonds. The van der Waals surface area contributed by atoms with Crippen molar-refractivity contribution in [3.05, 3.63) is 64.7 Å². The number of nitrogens with one attached hydrogen (secondary N) is 1. The molecule has 0 bridgehead atoms. The highest BCUT2D eigenvalue weighted by atomic mass is 16.5. The second kappa shape index (κ2) is 7.80. The summed E-state index contributed by atoms with van der Waals surface area (Å²) >= 11 is 0. The molecule has 0 radical (unpaired) electrons. The maximum atomic E-state index is 12.9. The molecule has 1 aliphatic rings. The number of anilines is 1. The lowest BCUT2D eigenvalue weighted by atomic mass is 10.0. The first-order valence-electron chi connectivity index (χ1n) is 8.55. The van der Waals surface area contributed by atoms with Gasteiger partial charge < -0.3 is 4.74 Å². The van der Waals surface area contributed by atoms with Crippen LogP contribution in [0.2, 0.25) is 0 Å². The lowest BCUT2D eigenvalue weighted by molar-refractivity contribution is -0.122. The number of carbonyl (C=O) groups excluding carboxylic acids is 3. The van der Waals surface area contributed by atoms with Crippen LogP contribution in [0.15, 0.2) is 48.0 Å². The molecule has 6 nitrogen and oxygen atoms in total. The molecule has 1 heterocycles. The van der Waals surface area contributed by atoms with E-state index in [-0.39, 0.29) is 12.2 Å². The van der Waals surface area contributed by atoms with E-state index in [0.29, 0.717) is 17.0 Å². The topological polar surface area (TPSA) is 75.7 Å². The number of imide groups is 2. The summed E-state index contributed by atoms with van der Waals surface area (Å²) < 4.78 is 5.36. The molecule has 1 N–H and O–H groups in total. The van der Waals surface area contributed by atoms with Crippen molar-refractivity contribution < 1.29 is 19.1 Å². The second-order valence-electron chi connectivity index (χ2n) is 6.29. The van der Waals surface area contributed by atoms with Crippen molar-refractivity contribution in [1.29, 1.82) is 0 Å². The first-order chi connectivity index (χ1) is 13.4. The quantitative estimate of drug-likeness (QED) is 0.507. The fraction of sp³-hybridized carbons (Fsp3) is 0.136. The zero-order valence-corrected chi connectivity index (χ0v) is 15.5. The van der Waals surface area contributed by atoms with Crippen molar-refractivity contribution in [3.8, 4) is 18.1 Å². The van der Waals surface area contributed by atoms with E-state index in [4.69, 9.17) is 11.2 Å². The van der Waals surface area contributed by atoms with Crippen molar-refractivity contribution in [1.82, 2.24) is 5.32 Å². The van der Waals surface area contributed by atoms with Crippen LogP contribution in [-0.4, -0.2) is 24.5 Å². The zero-order valence-electron chi connectivity index (χ0n) is 15.5. The third kappa shape index (κ3) is 3.79. The molecule has 2 aromatic carbocycles. The van der Waals surface area contributed by atoms with Crippen LogP contribution in [0.25, 0.3) is 6.08 Å². The van der Waals surface area contributed by atoms with Gasteiger partial charge >= 0.3 is 6.03 Å². The molecule has 140 valence electrons. The predicted molar refractivity (Wildman–Crippen MR) is 106 cm³/mol. The number of carbonyl (C=O) groups is 3. The number of aryl methyl sites for hydroxylation is 2. The molecule has 1 aliphatic heterocycles. The SMILES string of the molecule is C#CCOc1cccc(C=C2C(=O)NC(=O)N(c3ccc(C)c(C)c3)C2=O)c1. The average molecular weight is 374 g/mol. The van der Waals surface area contributed by atoms with Crippen LogP contribution in [0.1, 0.15) is 16.7 Å². The normalized spacial score (nSPS) is 15.4. The molecular formula is C22H18N2O4. The Morgan fingerprint density at radius 3 is 2.61 bits per heavy atom. The van der Waals surface area contributed by atoms with Gasteiger partial charge in [0.05, 0.1) is 5.69 Å². The Morgan fingerprint density at radius 1 is 1.11 bits per heavy atom. The fourth-order valence-corrected chi connectivity index (χ4v) is 2.74. The van der Waals surface area contributed by atoms with Crippen molar-refractivity contribution in [2.45, 2.75) is 13.8 Å². The van der Waals surface area contributed by atoms with E-state index >= 15 is 0 Å². The Hall–Kier alpha value is -3.85. The Labute approximate surface area is 162 Å². The van der Waals surface area contributed by atoms with Crippen LogP contribution in [0.5, 0.6) is 5.75 Å². The summed E-state index contributed by atoms with van der Waals surface area (Å²) in [6.45, 7) is 3.92. The van der Waals surface area contributed by atoms with Gasteiger partial charge in [0.25, 0.3) is 11.8 Å². The molecule has 3 rings (SSSR count). The van der Waals surface area contributed by atoms with Gasteiger partial charge in [-0.3, -0.25) is 14.9 Å². The van der Waals surface area contributed by atoms with Gasteiger partial charge in [0.1, 0.15) is 17.9 Å². The molecule has 1 fully saturated rings. The summed E-state index contributed by atoms with van der Waals surface area (Å²) in [5, 5.41) is 2.21. The van der Waals surface area contributed by atoms with Gasteiger partial charge in [0.2, 0.25) is 0 Å². The van der Waals surface area contributed by atoms with Gasteiger partial charge in [0.15, 0.2) is 0 Å². The third-order valence-corrected chi connectivity index (χ3v) is 4.34. The molecule has 2 aromatic rings. The Balaban J connectivity index is 1.97. The minimum atomic E-state index is -0.776. The number of urea groups is 1. The van der Waals surface area contributed by atoms with Crippen LogP contribution in [0.4, 0.5) is 10.5 Å². The summed E-state index contributed by atoms with van der Waals surface area (Å²) in [7, 11) is 0. The highest BCUT2D eigenvalue weighted by Gasteiger charge is 2.36. The number of terminal acetylenes is 1. The maximum Gasteiger partial charge on any atom is 0.335 e. The zero-order chi connectivity index (χ0) is 20.3. The van der Waals surface area contributed by atoms with Gasteiger partial charge in [-0.1, -0.05) is 24.1 Å². The Kier molecular flexibility index (Phi) is 5.28. The minimum Gasteiger partial charge on any atom is -0.481 e. The van der Waals surface area contributed by atoms with Crippen molar-refractivity contribution in [3.63, 3.8) is 0 Å². The lowest BCUT2D eigenvalue weighted by Gasteiger charge is -2.26. The van der Waals surface area contributed by atoms with Crippen molar-refractivity contribution in [2.75, 3.05) is 11.5 Å². The molecular weight excluding hydrogens is 356 g/mol. The number of hydrogen-bond acceptors (Lipinski definition) is 4. The lowest BCUT2D eigenvalue weighted by Crippen LogP contribution is -2.54. The Morgan fingerprint density at radius 2 is 1.89 bits per heavy atom. The largest absolute Gasteiger partial charge is 0.481 e. The molecule has 0 aromatic heterocycles. The number of rotatable bonds is 4. The van der Waals surface area contributed by atoms with E-state index in [9.17, 15) is 14.4 Å². The number of nitrogens with zero attached hydrogens (tertiary/aromatic N) is 1. The van der Waals surface area contributed by atoms with E-state index in [1.807, 2.05) is 19.9 Å². The molecule has 1 saturated heterocycles. The van der Waals surface area contributed by atoms with Crippen LogP contribution in [0, 0.1) is 26.2 Å². The Bertz CT molecular complexity index is 1050. The summed E-state index contributed by atoms with van der Waals surface area (Å²) in [6, 6.07) is 11.2. The first-order valence-corrected chi connectivity index (χ1v) is 8.55. The minimum absolute atomic E-state index is 0.106. The van der Waals surface area contributed by atoms with E-state index in [1.165, 1.54) is 6.08 Å². The molecule has 0 saturated carbocycles. The van der Waals surface area contributed by atoms with Gasteiger partial charge in [-0.25, -0.2) is 9.69 Å². The van der Waals surface area contributed by atoms with Crippen molar-refractivity contribution in [2.24, 2.45) is 0 Å². The molecule has 28 heavy (non-hydrogen) atoms. The molecule has 6 heteroatoms. The van der Waals surface area contributed by atoms with Crippen LogP contribution < -0.4 is 15.0 Å². The van der Waals surface area contributed by atoms with Gasteiger partial charge in [-0.15, -0.1) is 6.42 Å². The summed E-state index contributed by atoms with van der Waals surface area (Å²) in [4.78, 5) is 38.4. The molecule has 0 unspecified atom stereocenters. The van der Waals surface area contributed by atoms with Crippen LogP contribution >= 0.6 is 0 Å². The number of benzene rings is 2. The van der Waals surface area contributed by atoms with E-state index in [1.54, 1.807) is 36.4 Å². The summed E-state index contributed by atoms with van der Waals surface area (Å²) in [5.74, 6) is 1.45. The monoisotopic (exact) mass is 374 g/mol. The molecule has 0 aliphatic carbocycles. The summed E-state index contributed by atoms with van der Waals surface area (Å²) in [5.41, 5.74) is 2.78. The smallest absolute Gasteiger partial charge is 0.335 e.